The maximum absolute atomic E-state index is 12.5. The van der Waals surface area contributed by atoms with Crippen molar-refractivity contribution in [2.45, 2.75) is 39.0 Å². The number of morpholine rings is 1. The van der Waals surface area contributed by atoms with Crippen molar-refractivity contribution in [3.63, 3.8) is 0 Å². The molecule has 0 radical (unpaired) electrons. The third kappa shape index (κ3) is 4.67. The summed E-state index contributed by atoms with van der Waals surface area (Å²) in [6, 6.07) is 12.0. The van der Waals surface area contributed by atoms with Crippen LogP contribution in [0.25, 0.3) is 0 Å². The van der Waals surface area contributed by atoms with E-state index in [0.717, 1.165) is 61.6 Å². The zero-order valence-corrected chi connectivity index (χ0v) is 17.0. The average Bonchev–Trinajstić information content (AvgIpc) is 3.22. The van der Waals surface area contributed by atoms with Gasteiger partial charge in [-0.25, -0.2) is 0 Å². The van der Waals surface area contributed by atoms with Crippen LogP contribution in [-0.2, 0) is 22.4 Å². The number of carbonyl (C=O) groups excluding carboxylic acids is 2. The maximum Gasteiger partial charge on any atom is 0.224 e. The second-order valence-electron chi connectivity index (χ2n) is 7.91. The highest BCUT2D eigenvalue weighted by atomic mass is 16.5. The van der Waals surface area contributed by atoms with Crippen LogP contribution >= 0.6 is 0 Å². The van der Waals surface area contributed by atoms with Crippen molar-refractivity contribution in [2.75, 3.05) is 36.5 Å². The van der Waals surface area contributed by atoms with Crippen molar-refractivity contribution in [3.05, 3.63) is 58.7 Å². The van der Waals surface area contributed by atoms with Gasteiger partial charge in [0.15, 0.2) is 5.78 Å². The van der Waals surface area contributed by atoms with E-state index in [1.807, 2.05) is 31.2 Å². The van der Waals surface area contributed by atoms with E-state index in [1.165, 1.54) is 17.5 Å². The Hall–Kier alpha value is -2.66. The van der Waals surface area contributed by atoms with E-state index in [9.17, 15) is 9.59 Å². The Kier molecular flexibility index (Phi) is 5.95. The molecule has 1 heterocycles. The molecule has 1 fully saturated rings. The van der Waals surface area contributed by atoms with Crippen LogP contribution in [0.15, 0.2) is 36.4 Å². The first-order valence-corrected chi connectivity index (χ1v) is 10.5. The number of nitrogens with one attached hydrogen (secondary N) is 1. The Morgan fingerprint density at radius 3 is 2.59 bits per heavy atom. The number of hydrogen-bond acceptors (Lipinski definition) is 4. The van der Waals surface area contributed by atoms with E-state index < -0.39 is 0 Å². The Bertz CT molecular complexity index is 916. The Labute approximate surface area is 172 Å². The summed E-state index contributed by atoms with van der Waals surface area (Å²) in [5.74, 6) is -0.0871. The first-order valence-electron chi connectivity index (χ1n) is 10.5. The lowest BCUT2D eigenvalue weighted by Gasteiger charge is -2.29. The zero-order chi connectivity index (χ0) is 20.2. The number of nitrogens with zero attached hydrogens (tertiary/aromatic N) is 1. The molecule has 1 aliphatic carbocycles. The molecule has 1 aliphatic heterocycles. The molecule has 1 saturated heterocycles. The molecule has 0 unspecified atom stereocenters. The van der Waals surface area contributed by atoms with Gasteiger partial charge in [-0.05, 0) is 67.1 Å². The summed E-state index contributed by atoms with van der Waals surface area (Å²) in [6.07, 6.45) is 3.75. The normalized spacial score (nSPS) is 15.8. The van der Waals surface area contributed by atoms with Gasteiger partial charge in [0, 0.05) is 42.9 Å². The highest BCUT2D eigenvalue weighted by Crippen LogP contribution is 2.25. The lowest BCUT2D eigenvalue weighted by molar-refractivity contribution is -0.116. The predicted molar refractivity (Wildman–Crippen MR) is 115 cm³/mol. The standard InChI is InChI=1S/C24H28N2O3/c1-17-15-21(26-11-13-29-14-12-26)7-8-22(17)25-24(28)10-9-23(27)20-6-5-18-3-2-4-19(18)16-20/h5-8,15-16H,2-4,9-14H2,1H3,(H,25,28). The molecule has 2 aliphatic rings. The lowest BCUT2D eigenvalue weighted by Crippen LogP contribution is -2.36. The molecule has 2 aromatic carbocycles. The van der Waals surface area contributed by atoms with Gasteiger partial charge in [0.2, 0.25) is 5.91 Å². The molecule has 1 amide bonds. The van der Waals surface area contributed by atoms with Crippen molar-refractivity contribution >= 4 is 23.1 Å². The van der Waals surface area contributed by atoms with Gasteiger partial charge in [0.1, 0.15) is 0 Å². The van der Waals surface area contributed by atoms with Crippen molar-refractivity contribution in [2.24, 2.45) is 0 Å². The quantitative estimate of drug-likeness (QED) is 0.757. The van der Waals surface area contributed by atoms with E-state index in [0.29, 0.717) is 0 Å². The van der Waals surface area contributed by atoms with Gasteiger partial charge in [0.25, 0.3) is 0 Å². The van der Waals surface area contributed by atoms with E-state index in [1.54, 1.807) is 0 Å². The first-order chi connectivity index (χ1) is 14.1. The zero-order valence-electron chi connectivity index (χ0n) is 17.0. The predicted octanol–water partition coefficient (Wildman–Crippen LogP) is 3.92. The van der Waals surface area contributed by atoms with Gasteiger partial charge < -0.3 is 15.0 Å². The average molecular weight is 392 g/mol. The summed E-state index contributed by atoms with van der Waals surface area (Å²) >= 11 is 0. The number of aryl methyl sites for hydroxylation is 3. The molecule has 2 aromatic rings. The molecule has 5 nitrogen and oxygen atoms in total. The summed E-state index contributed by atoms with van der Waals surface area (Å²) in [7, 11) is 0. The molecule has 152 valence electrons. The summed E-state index contributed by atoms with van der Waals surface area (Å²) in [5, 5.41) is 2.95. The monoisotopic (exact) mass is 392 g/mol. The molecular formula is C24H28N2O3. The van der Waals surface area contributed by atoms with Gasteiger partial charge in [0.05, 0.1) is 13.2 Å². The topological polar surface area (TPSA) is 58.6 Å². The molecule has 0 aromatic heterocycles. The molecule has 1 N–H and O–H groups in total. The van der Waals surface area contributed by atoms with Crippen molar-refractivity contribution in [3.8, 4) is 0 Å². The van der Waals surface area contributed by atoms with Crippen LogP contribution in [0.2, 0.25) is 0 Å². The highest BCUT2D eigenvalue weighted by Gasteiger charge is 2.16. The van der Waals surface area contributed by atoms with Crippen LogP contribution in [0.1, 0.15) is 46.3 Å². The minimum absolute atomic E-state index is 0.0363. The van der Waals surface area contributed by atoms with E-state index in [-0.39, 0.29) is 24.5 Å². The van der Waals surface area contributed by atoms with Gasteiger partial charge in [-0.3, -0.25) is 9.59 Å². The van der Waals surface area contributed by atoms with Gasteiger partial charge in [-0.2, -0.15) is 0 Å². The number of ketones is 1. The summed E-state index contributed by atoms with van der Waals surface area (Å²) in [5.41, 5.74) is 6.34. The third-order valence-corrected chi connectivity index (χ3v) is 5.86. The summed E-state index contributed by atoms with van der Waals surface area (Å²) in [4.78, 5) is 27.2. The van der Waals surface area contributed by atoms with Crippen LogP contribution in [0.4, 0.5) is 11.4 Å². The molecule has 29 heavy (non-hydrogen) atoms. The van der Waals surface area contributed by atoms with E-state index in [4.69, 9.17) is 4.74 Å². The van der Waals surface area contributed by atoms with Crippen LogP contribution in [0.3, 0.4) is 0 Å². The Morgan fingerprint density at radius 1 is 1.00 bits per heavy atom. The molecule has 0 saturated carbocycles. The number of benzene rings is 2. The lowest BCUT2D eigenvalue weighted by atomic mass is 10.0. The fraction of sp³-hybridized carbons (Fsp3) is 0.417. The van der Waals surface area contributed by atoms with Crippen LogP contribution < -0.4 is 10.2 Å². The highest BCUT2D eigenvalue weighted by molar-refractivity contribution is 6.00. The van der Waals surface area contributed by atoms with Crippen LogP contribution in [0.5, 0.6) is 0 Å². The molecule has 0 spiro atoms. The number of anilines is 2. The first kappa shape index (κ1) is 19.6. The fourth-order valence-electron chi connectivity index (χ4n) is 4.14. The van der Waals surface area contributed by atoms with Crippen molar-refractivity contribution in [1.29, 1.82) is 0 Å². The van der Waals surface area contributed by atoms with Gasteiger partial charge in [-0.1, -0.05) is 12.1 Å². The largest absolute Gasteiger partial charge is 0.378 e. The minimum atomic E-state index is -0.123. The van der Waals surface area contributed by atoms with Gasteiger partial charge in [-0.15, -0.1) is 0 Å². The van der Waals surface area contributed by atoms with E-state index >= 15 is 0 Å². The Morgan fingerprint density at radius 2 is 1.79 bits per heavy atom. The Balaban J connectivity index is 1.31. The van der Waals surface area contributed by atoms with Crippen molar-refractivity contribution < 1.29 is 14.3 Å². The number of amides is 1. The SMILES string of the molecule is Cc1cc(N2CCOCC2)ccc1NC(=O)CCC(=O)c1ccc2c(c1)CCC2. The van der Waals surface area contributed by atoms with Crippen LogP contribution in [-0.4, -0.2) is 38.0 Å². The summed E-state index contributed by atoms with van der Waals surface area (Å²) < 4.78 is 5.40. The number of rotatable bonds is 6. The number of carbonyl (C=O) groups is 2. The number of ether oxygens (including phenoxy) is 1. The molecular weight excluding hydrogens is 364 g/mol. The second kappa shape index (κ2) is 8.78. The minimum Gasteiger partial charge on any atom is -0.378 e. The van der Waals surface area contributed by atoms with Crippen LogP contribution in [0, 0.1) is 6.92 Å². The third-order valence-electron chi connectivity index (χ3n) is 5.86. The number of hydrogen-bond donors (Lipinski definition) is 1. The number of Topliss-reactive ketones (excluding diaryl/α,β-unsaturated/α-hetero) is 1. The van der Waals surface area contributed by atoms with Gasteiger partial charge >= 0.3 is 0 Å². The molecule has 0 bridgehead atoms. The summed E-state index contributed by atoms with van der Waals surface area (Å²) in [6.45, 7) is 5.26. The number of fused-ring (bicyclic) bond motifs is 1. The molecule has 0 atom stereocenters. The second-order valence-corrected chi connectivity index (χ2v) is 7.91. The maximum atomic E-state index is 12.5. The fourth-order valence-corrected chi connectivity index (χ4v) is 4.14. The molecule has 5 heteroatoms. The molecule has 4 rings (SSSR count). The smallest absolute Gasteiger partial charge is 0.224 e. The van der Waals surface area contributed by atoms with Crippen molar-refractivity contribution in [1.82, 2.24) is 0 Å². The van der Waals surface area contributed by atoms with E-state index in [2.05, 4.69) is 22.3 Å².